The zero-order chi connectivity index (χ0) is 15.3. The quantitative estimate of drug-likeness (QED) is 0.841. The fourth-order valence-electron chi connectivity index (χ4n) is 3.32. The van der Waals surface area contributed by atoms with E-state index in [0.29, 0.717) is 16.8 Å². The van der Waals surface area contributed by atoms with Gasteiger partial charge in [0.25, 0.3) is 5.91 Å². The van der Waals surface area contributed by atoms with Gasteiger partial charge in [-0.2, -0.15) is 0 Å². The van der Waals surface area contributed by atoms with Crippen LogP contribution in [0.5, 0.6) is 0 Å². The van der Waals surface area contributed by atoms with Crippen LogP contribution >= 0.6 is 0 Å². The third-order valence-corrected chi connectivity index (χ3v) is 4.23. The molecule has 2 rings (SSSR count). The van der Waals surface area contributed by atoms with Crippen LogP contribution in [0.4, 0.5) is 5.82 Å². The van der Waals surface area contributed by atoms with Crippen molar-refractivity contribution in [2.75, 3.05) is 39.5 Å². The minimum atomic E-state index is -0.0984. The summed E-state index contributed by atoms with van der Waals surface area (Å²) >= 11 is 0. The van der Waals surface area contributed by atoms with Gasteiger partial charge < -0.3 is 15.5 Å². The number of carbonyl (C=O) groups excluding carboxylic acids is 1. The van der Waals surface area contributed by atoms with Crippen molar-refractivity contribution in [1.82, 2.24) is 15.2 Å². The number of hydrogen-bond acceptors (Lipinski definition) is 4. The smallest absolute Gasteiger partial charge is 0.254 e. The lowest BCUT2D eigenvalue weighted by Gasteiger charge is -2.32. The molecule has 1 aromatic rings. The van der Waals surface area contributed by atoms with E-state index in [1.807, 2.05) is 0 Å². The van der Waals surface area contributed by atoms with E-state index in [2.05, 4.69) is 34.6 Å². The van der Waals surface area contributed by atoms with E-state index in [0.717, 1.165) is 13.1 Å². The molecule has 0 atom stereocenters. The molecule has 0 radical (unpaired) electrons. The molecule has 0 aromatic carbocycles. The van der Waals surface area contributed by atoms with Crippen molar-refractivity contribution in [3.8, 4) is 0 Å². The predicted molar refractivity (Wildman–Crippen MR) is 85.6 cm³/mol. The Morgan fingerprint density at radius 3 is 2.71 bits per heavy atom. The monoisotopic (exact) mass is 290 g/mol. The Morgan fingerprint density at radius 1 is 1.38 bits per heavy atom. The standard InChI is InChI=1S/C16H26N4O/c1-17-15(21)13-7-6-10-18-14(13)19-11-16(12-20(2)3)8-4-5-9-16/h6-7,10H,4-5,8-9,11-12H2,1-3H3,(H,17,21)(H,18,19). The molecule has 1 saturated carbocycles. The van der Waals surface area contributed by atoms with Gasteiger partial charge in [0, 0.05) is 31.7 Å². The van der Waals surface area contributed by atoms with Crippen LogP contribution in [-0.4, -0.2) is 50.0 Å². The van der Waals surface area contributed by atoms with E-state index in [9.17, 15) is 4.79 Å². The Balaban J connectivity index is 2.09. The Bertz CT molecular complexity index is 481. The van der Waals surface area contributed by atoms with E-state index >= 15 is 0 Å². The molecule has 0 bridgehead atoms. The highest BCUT2D eigenvalue weighted by Crippen LogP contribution is 2.38. The summed E-state index contributed by atoms with van der Waals surface area (Å²) in [5.74, 6) is 0.584. The van der Waals surface area contributed by atoms with Gasteiger partial charge in [-0.05, 0) is 39.1 Å². The summed E-state index contributed by atoms with van der Waals surface area (Å²) in [7, 11) is 5.89. The number of carbonyl (C=O) groups is 1. The molecule has 0 unspecified atom stereocenters. The third-order valence-electron chi connectivity index (χ3n) is 4.23. The van der Waals surface area contributed by atoms with Gasteiger partial charge in [-0.25, -0.2) is 4.98 Å². The highest BCUT2D eigenvalue weighted by Gasteiger charge is 2.34. The van der Waals surface area contributed by atoms with Gasteiger partial charge in [0.05, 0.1) is 5.56 Å². The van der Waals surface area contributed by atoms with Crippen LogP contribution in [0, 0.1) is 5.41 Å². The largest absolute Gasteiger partial charge is 0.369 e. The maximum absolute atomic E-state index is 11.9. The summed E-state index contributed by atoms with van der Waals surface area (Å²) < 4.78 is 0. The second-order valence-electron chi connectivity index (χ2n) is 6.28. The molecule has 1 fully saturated rings. The Labute approximate surface area is 127 Å². The van der Waals surface area contributed by atoms with Crippen LogP contribution in [0.15, 0.2) is 18.3 Å². The minimum Gasteiger partial charge on any atom is -0.369 e. The number of hydrogen-bond donors (Lipinski definition) is 2. The van der Waals surface area contributed by atoms with Crippen LogP contribution in [-0.2, 0) is 0 Å². The van der Waals surface area contributed by atoms with Gasteiger partial charge in [-0.3, -0.25) is 4.79 Å². The lowest BCUT2D eigenvalue weighted by Crippen LogP contribution is -2.37. The maximum Gasteiger partial charge on any atom is 0.254 e. The number of amides is 1. The molecular formula is C16H26N4O. The molecule has 1 heterocycles. The van der Waals surface area contributed by atoms with Crippen molar-refractivity contribution in [1.29, 1.82) is 0 Å². The molecular weight excluding hydrogens is 264 g/mol. The molecule has 2 N–H and O–H groups in total. The predicted octanol–water partition coefficient (Wildman–Crippen LogP) is 1.98. The van der Waals surface area contributed by atoms with Crippen molar-refractivity contribution < 1.29 is 4.79 Å². The minimum absolute atomic E-state index is 0.0984. The summed E-state index contributed by atoms with van der Waals surface area (Å²) in [5, 5.41) is 6.08. The van der Waals surface area contributed by atoms with Gasteiger partial charge in [0.15, 0.2) is 0 Å². The third kappa shape index (κ3) is 3.94. The van der Waals surface area contributed by atoms with Gasteiger partial charge in [0.2, 0.25) is 0 Å². The van der Waals surface area contributed by atoms with Crippen LogP contribution in [0.3, 0.4) is 0 Å². The Hall–Kier alpha value is -1.62. The zero-order valence-corrected chi connectivity index (χ0v) is 13.3. The van der Waals surface area contributed by atoms with Crippen LogP contribution < -0.4 is 10.6 Å². The molecule has 1 aliphatic rings. The molecule has 1 aromatic heterocycles. The number of nitrogens with one attached hydrogen (secondary N) is 2. The molecule has 0 spiro atoms. The first kappa shape index (κ1) is 15.8. The van der Waals surface area contributed by atoms with Crippen molar-refractivity contribution in [2.45, 2.75) is 25.7 Å². The second-order valence-corrected chi connectivity index (χ2v) is 6.28. The lowest BCUT2D eigenvalue weighted by molar-refractivity contribution is 0.0963. The summed E-state index contributed by atoms with van der Waals surface area (Å²) in [6.07, 6.45) is 6.78. The lowest BCUT2D eigenvalue weighted by atomic mass is 9.85. The fourth-order valence-corrected chi connectivity index (χ4v) is 3.32. The second kappa shape index (κ2) is 6.89. The highest BCUT2D eigenvalue weighted by atomic mass is 16.1. The van der Waals surface area contributed by atoms with Crippen molar-refractivity contribution >= 4 is 11.7 Å². The summed E-state index contributed by atoms with van der Waals surface area (Å²) in [6.45, 7) is 1.94. The first-order valence-corrected chi connectivity index (χ1v) is 7.62. The normalized spacial score (nSPS) is 17.0. The van der Waals surface area contributed by atoms with Gasteiger partial charge in [-0.15, -0.1) is 0 Å². The van der Waals surface area contributed by atoms with Crippen molar-refractivity contribution in [3.63, 3.8) is 0 Å². The van der Waals surface area contributed by atoms with Crippen LogP contribution in [0.2, 0.25) is 0 Å². The zero-order valence-electron chi connectivity index (χ0n) is 13.3. The molecule has 0 aliphatic heterocycles. The number of nitrogens with zero attached hydrogens (tertiary/aromatic N) is 2. The topological polar surface area (TPSA) is 57.3 Å². The van der Waals surface area contributed by atoms with Gasteiger partial charge >= 0.3 is 0 Å². The number of aromatic nitrogens is 1. The van der Waals surface area contributed by atoms with Crippen LogP contribution in [0.1, 0.15) is 36.0 Å². The molecule has 1 aliphatic carbocycles. The van der Waals surface area contributed by atoms with E-state index < -0.39 is 0 Å². The Morgan fingerprint density at radius 2 is 2.10 bits per heavy atom. The summed E-state index contributed by atoms with van der Waals surface area (Å²) in [6, 6.07) is 3.60. The molecule has 21 heavy (non-hydrogen) atoms. The average Bonchev–Trinajstić information content (AvgIpc) is 2.92. The SMILES string of the molecule is CNC(=O)c1cccnc1NCC1(CN(C)C)CCCC1. The molecule has 0 saturated heterocycles. The van der Waals surface area contributed by atoms with Gasteiger partial charge in [-0.1, -0.05) is 12.8 Å². The first-order valence-electron chi connectivity index (χ1n) is 7.62. The Kier molecular flexibility index (Phi) is 5.17. The maximum atomic E-state index is 11.9. The average molecular weight is 290 g/mol. The van der Waals surface area contributed by atoms with Gasteiger partial charge in [0.1, 0.15) is 5.82 Å². The molecule has 116 valence electrons. The number of pyridine rings is 1. The highest BCUT2D eigenvalue weighted by molar-refractivity contribution is 5.98. The van der Waals surface area contributed by atoms with E-state index in [4.69, 9.17) is 0 Å². The van der Waals surface area contributed by atoms with Crippen molar-refractivity contribution in [2.24, 2.45) is 5.41 Å². The van der Waals surface area contributed by atoms with E-state index in [1.54, 1.807) is 25.4 Å². The molecule has 1 amide bonds. The summed E-state index contributed by atoms with van der Waals surface area (Å²) in [5.41, 5.74) is 0.902. The molecule has 5 heteroatoms. The van der Waals surface area contributed by atoms with E-state index in [1.165, 1.54) is 25.7 Å². The fraction of sp³-hybridized carbons (Fsp3) is 0.625. The molecule has 5 nitrogen and oxygen atoms in total. The van der Waals surface area contributed by atoms with E-state index in [-0.39, 0.29) is 5.91 Å². The number of rotatable bonds is 6. The first-order chi connectivity index (χ1) is 10.1. The number of anilines is 1. The van der Waals surface area contributed by atoms with Crippen LogP contribution in [0.25, 0.3) is 0 Å². The van der Waals surface area contributed by atoms with Crippen molar-refractivity contribution in [3.05, 3.63) is 23.9 Å². The summed E-state index contributed by atoms with van der Waals surface area (Å²) in [4.78, 5) is 18.5.